The molecule has 2 amide bonds. The smallest absolute Gasteiger partial charge is 0.257 e. The van der Waals surface area contributed by atoms with Crippen LogP contribution in [0.25, 0.3) is 0 Å². The van der Waals surface area contributed by atoms with Gasteiger partial charge < -0.3 is 15.6 Å². The second kappa shape index (κ2) is 8.95. The molecule has 3 N–H and O–H groups in total. The van der Waals surface area contributed by atoms with E-state index in [2.05, 4.69) is 20.6 Å². The lowest BCUT2D eigenvalue weighted by atomic mass is 9.92. The number of nitrogens with one attached hydrogen (secondary N) is 3. The molecule has 0 saturated carbocycles. The summed E-state index contributed by atoms with van der Waals surface area (Å²) in [6, 6.07) is 14.7. The molecule has 2 aromatic carbocycles. The van der Waals surface area contributed by atoms with Gasteiger partial charge >= 0.3 is 0 Å². The number of benzene rings is 2. The van der Waals surface area contributed by atoms with Crippen LogP contribution in [0, 0.1) is 6.92 Å². The molecule has 31 heavy (non-hydrogen) atoms. The number of carbonyl (C=O) groups excluding carboxylic acids is 2. The summed E-state index contributed by atoms with van der Waals surface area (Å²) in [7, 11) is 0. The normalized spacial score (nSPS) is 15.2. The number of halogens is 1. The minimum atomic E-state index is -0.924. The van der Waals surface area contributed by atoms with E-state index >= 15 is 0 Å². The van der Waals surface area contributed by atoms with Crippen molar-refractivity contribution < 1.29 is 9.59 Å². The summed E-state index contributed by atoms with van der Waals surface area (Å²) in [6.07, 6.45) is -0.121. The Hall–Kier alpha value is -3.10. The van der Waals surface area contributed by atoms with Crippen LogP contribution in [0.2, 0.25) is 5.02 Å². The maximum Gasteiger partial charge on any atom is 0.257 e. The van der Waals surface area contributed by atoms with Gasteiger partial charge in [-0.05, 0) is 42.3 Å². The third kappa shape index (κ3) is 4.98. The molecule has 0 aliphatic carbocycles. The maximum absolute atomic E-state index is 12.9. The minimum absolute atomic E-state index is 0.121. The van der Waals surface area contributed by atoms with Crippen molar-refractivity contribution in [2.24, 2.45) is 0 Å². The van der Waals surface area contributed by atoms with Gasteiger partial charge in [-0.15, -0.1) is 0 Å². The number of H-pyrrole nitrogens is 1. The van der Waals surface area contributed by atoms with Crippen LogP contribution in [0.4, 0.5) is 11.5 Å². The van der Waals surface area contributed by atoms with E-state index in [1.807, 2.05) is 43.3 Å². The highest BCUT2D eigenvalue weighted by Gasteiger charge is 2.34. The SMILES string of the molecule is Cc1cccc(NC(=O)[C@H]2CC(=O)Nc3nc(SCc4cccc(Cl)c4)[nH]c(=O)c32)c1. The molecule has 0 unspecified atom stereocenters. The molecule has 2 heterocycles. The number of fused-ring (bicyclic) bond motifs is 1. The number of rotatable bonds is 5. The molecule has 1 aliphatic heterocycles. The van der Waals surface area contributed by atoms with Crippen molar-refractivity contribution in [1.82, 2.24) is 9.97 Å². The molecular formula is C22H19ClN4O3S. The molecule has 158 valence electrons. The number of hydrogen-bond acceptors (Lipinski definition) is 5. The number of aromatic nitrogens is 2. The Balaban J connectivity index is 1.58. The highest BCUT2D eigenvalue weighted by molar-refractivity contribution is 7.98. The molecule has 3 aromatic rings. The maximum atomic E-state index is 12.9. The van der Waals surface area contributed by atoms with Crippen LogP contribution < -0.4 is 16.2 Å². The number of aromatic amines is 1. The van der Waals surface area contributed by atoms with Gasteiger partial charge in [0.15, 0.2) is 5.16 Å². The lowest BCUT2D eigenvalue weighted by Gasteiger charge is -2.23. The van der Waals surface area contributed by atoms with Gasteiger partial charge in [-0.3, -0.25) is 14.4 Å². The standard InChI is InChI=1S/C22H19ClN4O3S/c1-12-4-2-7-15(8-12)24-20(29)16-10-17(28)25-19-18(16)21(30)27-22(26-19)31-11-13-5-3-6-14(23)9-13/h2-9,16H,10-11H2,1H3,(H,24,29)(H2,25,26,27,28,30)/t16-/m0/s1. The summed E-state index contributed by atoms with van der Waals surface area (Å²) in [4.78, 5) is 45.0. The van der Waals surface area contributed by atoms with Crippen molar-refractivity contribution >= 4 is 46.7 Å². The number of aryl methyl sites for hydroxylation is 1. The highest BCUT2D eigenvalue weighted by atomic mass is 35.5. The summed E-state index contributed by atoms with van der Waals surface area (Å²) in [6.45, 7) is 1.91. The van der Waals surface area contributed by atoms with Crippen LogP contribution in [0.15, 0.2) is 58.5 Å². The summed E-state index contributed by atoms with van der Waals surface area (Å²) >= 11 is 7.31. The van der Waals surface area contributed by atoms with Crippen molar-refractivity contribution in [1.29, 1.82) is 0 Å². The number of hydrogen-bond donors (Lipinski definition) is 3. The topological polar surface area (TPSA) is 104 Å². The Bertz CT molecular complexity index is 1230. The Morgan fingerprint density at radius 2 is 2.03 bits per heavy atom. The van der Waals surface area contributed by atoms with Crippen molar-refractivity contribution in [3.8, 4) is 0 Å². The average Bonchev–Trinajstić information content (AvgIpc) is 2.71. The molecule has 0 fully saturated rings. The van der Waals surface area contributed by atoms with Gasteiger partial charge in [0.05, 0.1) is 11.5 Å². The molecule has 0 radical (unpaired) electrons. The predicted octanol–water partition coefficient (Wildman–Crippen LogP) is 4.09. The van der Waals surface area contributed by atoms with Gasteiger partial charge in [0.25, 0.3) is 5.56 Å². The van der Waals surface area contributed by atoms with Gasteiger partial charge in [0.2, 0.25) is 11.8 Å². The van der Waals surface area contributed by atoms with Gasteiger partial charge in [-0.25, -0.2) is 4.98 Å². The monoisotopic (exact) mass is 454 g/mol. The Labute approximate surface area is 187 Å². The fourth-order valence-electron chi connectivity index (χ4n) is 3.37. The predicted molar refractivity (Wildman–Crippen MR) is 122 cm³/mol. The highest BCUT2D eigenvalue weighted by Crippen LogP contribution is 2.31. The van der Waals surface area contributed by atoms with Crippen molar-refractivity contribution in [3.05, 3.63) is 80.6 Å². The number of thioether (sulfide) groups is 1. The van der Waals surface area contributed by atoms with Crippen LogP contribution in [0.3, 0.4) is 0 Å². The summed E-state index contributed by atoms with van der Waals surface area (Å²) in [5.74, 6) is -1.05. The van der Waals surface area contributed by atoms with Crippen LogP contribution in [0.5, 0.6) is 0 Å². The first kappa shape index (κ1) is 21.1. The first-order valence-corrected chi connectivity index (χ1v) is 10.9. The lowest BCUT2D eigenvalue weighted by Crippen LogP contribution is -2.36. The van der Waals surface area contributed by atoms with E-state index in [1.54, 1.807) is 12.1 Å². The van der Waals surface area contributed by atoms with Crippen LogP contribution in [-0.4, -0.2) is 21.8 Å². The van der Waals surface area contributed by atoms with Gasteiger partial charge in [-0.1, -0.05) is 47.6 Å². The molecule has 4 rings (SSSR count). The molecule has 0 saturated heterocycles. The summed E-state index contributed by atoms with van der Waals surface area (Å²) in [5, 5.41) is 6.39. The lowest BCUT2D eigenvalue weighted by molar-refractivity contribution is -0.123. The van der Waals surface area contributed by atoms with Gasteiger partial charge in [-0.2, -0.15) is 0 Å². The second-order valence-corrected chi connectivity index (χ2v) is 8.62. The fraction of sp³-hybridized carbons (Fsp3) is 0.182. The zero-order chi connectivity index (χ0) is 22.0. The molecule has 1 aliphatic rings. The largest absolute Gasteiger partial charge is 0.326 e. The van der Waals surface area contributed by atoms with Crippen molar-refractivity contribution in [2.45, 2.75) is 30.2 Å². The van der Waals surface area contributed by atoms with Gasteiger partial charge in [0, 0.05) is 22.9 Å². The molecule has 0 bridgehead atoms. The Morgan fingerprint density at radius 3 is 2.81 bits per heavy atom. The number of amides is 2. The van der Waals surface area contributed by atoms with Crippen LogP contribution >= 0.6 is 23.4 Å². The van der Waals surface area contributed by atoms with Crippen LogP contribution in [0.1, 0.15) is 29.0 Å². The number of anilines is 2. The molecule has 1 aromatic heterocycles. The number of carbonyl (C=O) groups is 2. The zero-order valence-electron chi connectivity index (χ0n) is 16.6. The molecule has 1 atom stereocenters. The van der Waals surface area contributed by atoms with Crippen molar-refractivity contribution in [2.75, 3.05) is 10.6 Å². The molecular weight excluding hydrogens is 436 g/mol. The summed E-state index contributed by atoms with van der Waals surface area (Å²) < 4.78 is 0. The van der Waals surface area contributed by atoms with E-state index in [0.717, 1.165) is 11.1 Å². The molecule has 9 heteroatoms. The van der Waals surface area contributed by atoms with E-state index in [1.165, 1.54) is 11.8 Å². The first-order valence-electron chi connectivity index (χ1n) is 9.58. The van der Waals surface area contributed by atoms with E-state index < -0.39 is 17.4 Å². The summed E-state index contributed by atoms with van der Waals surface area (Å²) in [5.41, 5.74) is 2.29. The first-order chi connectivity index (χ1) is 14.9. The third-order valence-corrected chi connectivity index (χ3v) is 5.98. The van der Waals surface area contributed by atoms with E-state index in [-0.39, 0.29) is 23.7 Å². The molecule has 7 nitrogen and oxygen atoms in total. The fourth-order valence-corrected chi connectivity index (χ4v) is 4.39. The van der Waals surface area contributed by atoms with Crippen molar-refractivity contribution in [3.63, 3.8) is 0 Å². The van der Waals surface area contributed by atoms with E-state index in [9.17, 15) is 14.4 Å². The van der Waals surface area contributed by atoms with Gasteiger partial charge in [0.1, 0.15) is 5.82 Å². The minimum Gasteiger partial charge on any atom is -0.326 e. The van der Waals surface area contributed by atoms with E-state index in [4.69, 9.17) is 11.6 Å². The second-order valence-electron chi connectivity index (χ2n) is 7.22. The quantitative estimate of drug-likeness (QED) is 0.398. The van der Waals surface area contributed by atoms with E-state index in [0.29, 0.717) is 21.6 Å². The number of nitrogens with zero attached hydrogens (tertiary/aromatic N) is 1. The zero-order valence-corrected chi connectivity index (χ0v) is 18.1. The molecule has 0 spiro atoms. The average molecular weight is 455 g/mol. The van der Waals surface area contributed by atoms with Crippen LogP contribution in [-0.2, 0) is 15.3 Å². The third-order valence-electron chi connectivity index (χ3n) is 4.80. The Morgan fingerprint density at radius 1 is 1.23 bits per heavy atom. The Kier molecular flexibility index (Phi) is 6.11.